The molecule has 170 valence electrons. The minimum Gasteiger partial charge on any atom is -0.342 e. The number of nitrogens with zero attached hydrogens (tertiary/aromatic N) is 3. The van der Waals surface area contributed by atoms with E-state index >= 15 is 0 Å². The van der Waals surface area contributed by atoms with E-state index < -0.39 is 0 Å². The topological polar surface area (TPSA) is 60.9 Å². The van der Waals surface area contributed by atoms with Gasteiger partial charge in [0.2, 0.25) is 11.3 Å². The fourth-order valence-corrected chi connectivity index (χ4v) is 4.25. The first-order valence-corrected chi connectivity index (χ1v) is 11.6. The van der Waals surface area contributed by atoms with Gasteiger partial charge in [-0.05, 0) is 56.0 Å². The highest BCUT2D eigenvalue weighted by Crippen LogP contribution is 2.25. The second kappa shape index (κ2) is 8.75. The molecule has 0 aliphatic carbocycles. The maximum Gasteiger partial charge on any atom is 0.263 e. The van der Waals surface area contributed by atoms with Gasteiger partial charge in [-0.15, -0.1) is 0 Å². The molecule has 3 aromatic carbocycles. The number of benzene rings is 3. The van der Waals surface area contributed by atoms with Gasteiger partial charge < -0.3 is 9.09 Å². The van der Waals surface area contributed by atoms with Crippen LogP contribution in [-0.4, -0.2) is 14.7 Å². The number of fused-ring (bicyclic) bond motifs is 1. The minimum atomic E-state index is -0.0957. The lowest BCUT2D eigenvalue weighted by atomic mass is 10.0. The van der Waals surface area contributed by atoms with Crippen molar-refractivity contribution in [1.82, 2.24) is 14.7 Å². The summed E-state index contributed by atoms with van der Waals surface area (Å²) in [5.74, 6) is 0.706. The number of rotatable bonds is 5. The van der Waals surface area contributed by atoms with Gasteiger partial charge in [0.15, 0.2) is 0 Å². The predicted molar refractivity (Wildman–Crippen MR) is 136 cm³/mol. The Morgan fingerprint density at radius 1 is 0.912 bits per heavy atom. The molecule has 0 amide bonds. The van der Waals surface area contributed by atoms with Crippen LogP contribution in [-0.2, 0) is 13.0 Å². The van der Waals surface area contributed by atoms with Crippen molar-refractivity contribution >= 4 is 10.9 Å². The predicted octanol–water partition coefficient (Wildman–Crippen LogP) is 6.25. The largest absolute Gasteiger partial charge is 0.342 e. The average molecular weight is 450 g/mol. The van der Waals surface area contributed by atoms with Crippen LogP contribution in [0, 0.1) is 20.8 Å². The number of hydrogen-bond donors (Lipinski definition) is 0. The second-order valence-corrected chi connectivity index (χ2v) is 8.92. The van der Waals surface area contributed by atoms with Crippen LogP contribution in [0.4, 0.5) is 0 Å². The third-order valence-electron chi connectivity index (χ3n) is 6.36. The van der Waals surface area contributed by atoms with Crippen molar-refractivity contribution in [3.05, 3.63) is 105 Å². The molecule has 2 aromatic heterocycles. The molecule has 5 aromatic rings. The summed E-state index contributed by atoms with van der Waals surface area (Å²) in [5, 5.41) is 4.82. The molecular weight excluding hydrogens is 422 g/mol. The van der Waals surface area contributed by atoms with Crippen LogP contribution < -0.4 is 5.43 Å². The van der Waals surface area contributed by atoms with Gasteiger partial charge in [-0.3, -0.25) is 4.79 Å². The van der Waals surface area contributed by atoms with E-state index in [1.807, 2.05) is 49.5 Å². The van der Waals surface area contributed by atoms with Gasteiger partial charge in [0, 0.05) is 23.7 Å². The first-order chi connectivity index (χ1) is 16.4. The van der Waals surface area contributed by atoms with E-state index in [0.29, 0.717) is 23.3 Å². The van der Waals surface area contributed by atoms with Crippen LogP contribution in [0.5, 0.6) is 0 Å². The van der Waals surface area contributed by atoms with Gasteiger partial charge in [0.1, 0.15) is 5.56 Å². The number of aryl methyl sites for hydroxylation is 4. The van der Waals surface area contributed by atoms with E-state index in [9.17, 15) is 4.79 Å². The molecule has 0 bridgehead atoms. The molecule has 0 atom stereocenters. The molecule has 0 aliphatic heterocycles. The smallest absolute Gasteiger partial charge is 0.263 e. The zero-order valence-electron chi connectivity index (χ0n) is 19.9. The summed E-state index contributed by atoms with van der Waals surface area (Å²) in [7, 11) is 0. The van der Waals surface area contributed by atoms with Crippen LogP contribution in [0.2, 0.25) is 0 Å². The van der Waals surface area contributed by atoms with E-state index in [2.05, 4.69) is 59.7 Å². The zero-order chi connectivity index (χ0) is 23.8. The van der Waals surface area contributed by atoms with Gasteiger partial charge in [-0.25, -0.2) is 0 Å². The molecule has 5 nitrogen and oxygen atoms in total. The third kappa shape index (κ3) is 4.05. The Kier molecular flexibility index (Phi) is 5.62. The van der Waals surface area contributed by atoms with Crippen molar-refractivity contribution < 1.29 is 4.52 Å². The van der Waals surface area contributed by atoms with Crippen molar-refractivity contribution in [3.8, 4) is 22.8 Å². The summed E-state index contributed by atoms with van der Waals surface area (Å²) >= 11 is 0. The molecule has 0 fully saturated rings. The average Bonchev–Trinajstić information content (AvgIpc) is 3.33. The monoisotopic (exact) mass is 449 g/mol. The fraction of sp³-hybridized carbons (Fsp3) is 0.207. The summed E-state index contributed by atoms with van der Waals surface area (Å²) in [6, 6.07) is 20.5. The Morgan fingerprint density at radius 3 is 2.44 bits per heavy atom. The molecule has 34 heavy (non-hydrogen) atoms. The maximum absolute atomic E-state index is 13.6. The van der Waals surface area contributed by atoms with Crippen molar-refractivity contribution in [2.75, 3.05) is 0 Å². The Morgan fingerprint density at radius 2 is 1.68 bits per heavy atom. The number of hydrogen-bond acceptors (Lipinski definition) is 4. The van der Waals surface area contributed by atoms with Crippen molar-refractivity contribution in [2.24, 2.45) is 0 Å². The minimum absolute atomic E-state index is 0.0957. The van der Waals surface area contributed by atoms with Gasteiger partial charge in [0.05, 0.1) is 5.52 Å². The quantitative estimate of drug-likeness (QED) is 0.318. The number of aromatic nitrogens is 3. The molecule has 5 heteroatoms. The Labute approximate surface area is 198 Å². The maximum atomic E-state index is 13.6. The molecule has 0 N–H and O–H groups in total. The van der Waals surface area contributed by atoms with Gasteiger partial charge in [0.25, 0.3) is 5.89 Å². The molecule has 2 heterocycles. The van der Waals surface area contributed by atoms with Gasteiger partial charge in [-0.1, -0.05) is 71.7 Å². The number of pyridine rings is 1. The molecule has 0 spiro atoms. The Balaban J connectivity index is 1.68. The van der Waals surface area contributed by atoms with Gasteiger partial charge >= 0.3 is 0 Å². The van der Waals surface area contributed by atoms with E-state index in [4.69, 9.17) is 4.52 Å². The highest BCUT2D eigenvalue weighted by Gasteiger charge is 2.18. The first kappa shape index (κ1) is 21.8. The molecule has 5 rings (SSSR count). The lowest BCUT2D eigenvalue weighted by Gasteiger charge is -2.15. The third-order valence-corrected chi connectivity index (χ3v) is 6.36. The summed E-state index contributed by atoms with van der Waals surface area (Å²) < 4.78 is 7.71. The van der Waals surface area contributed by atoms with Crippen LogP contribution in [0.15, 0.2) is 76.2 Å². The lowest BCUT2D eigenvalue weighted by Crippen LogP contribution is -2.14. The first-order valence-electron chi connectivity index (χ1n) is 11.6. The summed E-state index contributed by atoms with van der Waals surface area (Å²) in [5.41, 5.74) is 7.96. The highest BCUT2D eigenvalue weighted by molar-refractivity contribution is 5.83. The Bertz CT molecular complexity index is 1560. The molecule has 0 saturated heterocycles. The molecule has 0 radical (unpaired) electrons. The fourth-order valence-electron chi connectivity index (χ4n) is 4.25. The van der Waals surface area contributed by atoms with Crippen LogP contribution in [0.1, 0.15) is 34.7 Å². The second-order valence-electron chi connectivity index (χ2n) is 8.92. The molecule has 0 aliphatic rings. The summed E-state index contributed by atoms with van der Waals surface area (Å²) in [4.78, 5) is 18.2. The standard InChI is InChI=1S/C29H27N3O2/c1-5-21-10-13-26-24(15-21)27(33)25(17-32(26)16-23-14-19(3)6-9-20(23)4)29-30-28(31-34-29)22-11-7-18(2)8-12-22/h6-15,17H,5,16H2,1-4H3. The molecule has 0 saturated carbocycles. The van der Waals surface area contributed by atoms with Crippen LogP contribution in [0.25, 0.3) is 33.7 Å². The molecule has 0 unspecified atom stereocenters. The van der Waals surface area contributed by atoms with Crippen LogP contribution in [0.3, 0.4) is 0 Å². The zero-order valence-corrected chi connectivity index (χ0v) is 19.9. The van der Waals surface area contributed by atoms with Crippen LogP contribution >= 0.6 is 0 Å². The van der Waals surface area contributed by atoms with Crippen molar-refractivity contribution in [3.63, 3.8) is 0 Å². The van der Waals surface area contributed by atoms with Crippen molar-refractivity contribution in [2.45, 2.75) is 40.7 Å². The molecular formula is C29H27N3O2. The van der Waals surface area contributed by atoms with E-state index in [0.717, 1.165) is 28.6 Å². The van der Waals surface area contributed by atoms with E-state index in [1.54, 1.807) is 0 Å². The van der Waals surface area contributed by atoms with E-state index in [1.165, 1.54) is 16.7 Å². The SMILES string of the molecule is CCc1ccc2c(c1)c(=O)c(-c1nc(-c3ccc(C)cc3)no1)cn2Cc1cc(C)ccc1C. The summed E-state index contributed by atoms with van der Waals surface area (Å²) in [6.07, 6.45) is 2.71. The highest BCUT2D eigenvalue weighted by atomic mass is 16.5. The normalized spacial score (nSPS) is 11.3. The summed E-state index contributed by atoms with van der Waals surface area (Å²) in [6.45, 7) is 8.97. The lowest BCUT2D eigenvalue weighted by molar-refractivity contribution is 0.431. The van der Waals surface area contributed by atoms with Crippen molar-refractivity contribution in [1.29, 1.82) is 0 Å². The van der Waals surface area contributed by atoms with Gasteiger partial charge in [-0.2, -0.15) is 4.98 Å². The Hall–Kier alpha value is -3.99. The van der Waals surface area contributed by atoms with E-state index in [-0.39, 0.29) is 11.3 Å².